The summed E-state index contributed by atoms with van der Waals surface area (Å²) in [5.74, 6) is 1.42. The van der Waals surface area contributed by atoms with Gasteiger partial charge in [-0.25, -0.2) is 8.42 Å². The molecule has 0 spiro atoms. The van der Waals surface area contributed by atoms with Crippen LogP contribution in [0.5, 0.6) is 0 Å². The van der Waals surface area contributed by atoms with E-state index in [1.54, 1.807) is 6.92 Å². The third kappa shape index (κ3) is 4.58. The van der Waals surface area contributed by atoms with Crippen LogP contribution in [0.15, 0.2) is 4.52 Å². The fraction of sp³-hybridized carbons (Fsp3) is 0.812. The Balaban J connectivity index is 1.51. The predicted octanol–water partition coefficient (Wildman–Crippen LogP) is 0.798. The highest BCUT2D eigenvalue weighted by Gasteiger charge is 2.47. The quantitative estimate of drug-likeness (QED) is 0.730. The molecule has 3 rings (SSSR count). The monoisotopic (exact) mass is 370 g/mol. The van der Waals surface area contributed by atoms with Crippen molar-refractivity contribution in [3.8, 4) is 0 Å². The van der Waals surface area contributed by atoms with E-state index in [2.05, 4.69) is 15.0 Å². The number of nitrogens with zero attached hydrogens (tertiary/aromatic N) is 4. The molecular weight excluding hydrogens is 344 g/mol. The van der Waals surface area contributed by atoms with Crippen LogP contribution in [0.25, 0.3) is 0 Å². The molecule has 1 unspecified atom stereocenters. The van der Waals surface area contributed by atoms with Gasteiger partial charge in [0.15, 0.2) is 5.82 Å². The number of carbonyl (C=O) groups excluding carboxylic acids is 1. The van der Waals surface area contributed by atoms with E-state index in [1.165, 1.54) is 6.26 Å². The molecule has 1 aliphatic carbocycles. The summed E-state index contributed by atoms with van der Waals surface area (Å²) in [6.07, 6.45) is 3.26. The number of rotatable bonds is 6. The fourth-order valence-corrected chi connectivity index (χ4v) is 5.04. The molecule has 9 heteroatoms. The number of hydrogen-bond acceptors (Lipinski definition) is 7. The Labute approximate surface area is 148 Å². The minimum Gasteiger partial charge on any atom is -0.340 e. The Hall–Kier alpha value is -1.48. The first kappa shape index (κ1) is 18.3. The maximum atomic E-state index is 12.6. The van der Waals surface area contributed by atoms with Crippen LogP contribution in [0.3, 0.4) is 0 Å². The van der Waals surface area contributed by atoms with Gasteiger partial charge in [-0.05, 0) is 32.1 Å². The van der Waals surface area contributed by atoms with Gasteiger partial charge in [0, 0.05) is 38.9 Å². The first-order chi connectivity index (χ1) is 11.7. The molecule has 1 amide bonds. The van der Waals surface area contributed by atoms with Crippen molar-refractivity contribution >= 4 is 15.7 Å². The molecule has 2 fully saturated rings. The number of carbonyl (C=O) groups is 1. The zero-order chi connectivity index (χ0) is 18.2. The van der Waals surface area contributed by atoms with E-state index in [4.69, 9.17) is 4.52 Å². The van der Waals surface area contributed by atoms with Gasteiger partial charge in [0.05, 0.1) is 11.8 Å². The molecule has 1 saturated heterocycles. The molecule has 0 bridgehead atoms. The normalized spacial score (nSPS) is 22.0. The lowest BCUT2D eigenvalue weighted by Gasteiger charge is -2.37. The van der Waals surface area contributed by atoms with E-state index in [9.17, 15) is 13.2 Å². The van der Waals surface area contributed by atoms with Crippen LogP contribution < -0.4 is 0 Å². The average molecular weight is 370 g/mol. The van der Waals surface area contributed by atoms with E-state index >= 15 is 0 Å². The van der Waals surface area contributed by atoms with Gasteiger partial charge in [-0.3, -0.25) is 9.69 Å². The fourth-order valence-electron chi connectivity index (χ4n) is 3.54. The molecule has 1 aromatic rings. The first-order valence-electron chi connectivity index (χ1n) is 8.67. The molecule has 8 nitrogen and oxygen atoms in total. The lowest BCUT2D eigenvalue weighted by atomic mass is 10.0. The van der Waals surface area contributed by atoms with Gasteiger partial charge < -0.3 is 9.42 Å². The highest BCUT2D eigenvalue weighted by atomic mass is 32.2. The van der Waals surface area contributed by atoms with Gasteiger partial charge in [0.2, 0.25) is 11.8 Å². The molecule has 2 heterocycles. The van der Waals surface area contributed by atoms with E-state index in [-0.39, 0.29) is 23.1 Å². The summed E-state index contributed by atoms with van der Waals surface area (Å²) < 4.78 is 28.3. The van der Waals surface area contributed by atoms with Gasteiger partial charge in [0.1, 0.15) is 9.84 Å². The Morgan fingerprint density at radius 2 is 1.92 bits per heavy atom. The molecule has 2 aliphatic rings. The molecule has 1 saturated carbocycles. The van der Waals surface area contributed by atoms with E-state index in [0.717, 1.165) is 25.9 Å². The number of sulfone groups is 1. The van der Waals surface area contributed by atoms with Gasteiger partial charge in [0.25, 0.3) is 0 Å². The summed E-state index contributed by atoms with van der Waals surface area (Å²) in [4.78, 5) is 20.9. The average Bonchev–Trinajstić information content (AvgIpc) is 3.12. The van der Waals surface area contributed by atoms with Crippen molar-refractivity contribution in [2.24, 2.45) is 5.41 Å². The molecule has 140 valence electrons. The van der Waals surface area contributed by atoms with Crippen molar-refractivity contribution in [1.82, 2.24) is 19.9 Å². The van der Waals surface area contributed by atoms with Crippen LogP contribution in [0, 0.1) is 12.3 Å². The predicted molar refractivity (Wildman–Crippen MR) is 91.6 cm³/mol. The lowest BCUT2D eigenvalue weighted by Crippen LogP contribution is -2.49. The van der Waals surface area contributed by atoms with Crippen molar-refractivity contribution in [3.63, 3.8) is 0 Å². The first-order valence-corrected chi connectivity index (χ1v) is 10.7. The minimum absolute atomic E-state index is 0.0264. The summed E-state index contributed by atoms with van der Waals surface area (Å²) in [5.41, 5.74) is -0.309. The van der Waals surface area contributed by atoms with Gasteiger partial charge in [-0.15, -0.1) is 0 Å². The van der Waals surface area contributed by atoms with Crippen molar-refractivity contribution < 1.29 is 17.7 Å². The molecule has 1 aliphatic heterocycles. The zero-order valence-corrected chi connectivity index (χ0v) is 15.9. The third-order valence-electron chi connectivity index (χ3n) is 5.17. The largest absolute Gasteiger partial charge is 0.340 e. The maximum absolute atomic E-state index is 12.6. The van der Waals surface area contributed by atoms with Crippen LogP contribution in [0.2, 0.25) is 0 Å². The minimum atomic E-state index is -3.05. The Bertz CT molecular complexity index is 733. The van der Waals surface area contributed by atoms with Crippen molar-refractivity contribution in [2.45, 2.75) is 39.2 Å². The summed E-state index contributed by atoms with van der Waals surface area (Å²) in [5, 5.41) is 3.83. The van der Waals surface area contributed by atoms with Crippen LogP contribution in [-0.4, -0.2) is 72.5 Å². The second kappa shape index (κ2) is 6.68. The molecule has 0 radical (unpaired) electrons. The summed E-state index contributed by atoms with van der Waals surface area (Å²) in [6.45, 7) is 6.59. The molecular formula is C16H26N4O4S. The Morgan fingerprint density at radius 1 is 1.28 bits per heavy atom. The topological polar surface area (TPSA) is 96.6 Å². The number of hydrogen-bond donors (Lipinski definition) is 0. The van der Waals surface area contributed by atoms with Crippen LogP contribution in [0.1, 0.15) is 43.9 Å². The molecule has 0 N–H and O–H groups in total. The van der Waals surface area contributed by atoms with Crippen LogP contribution in [0.4, 0.5) is 0 Å². The van der Waals surface area contributed by atoms with Crippen molar-refractivity contribution in [1.29, 1.82) is 0 Å². The Morgan fingerprint density at radius 3 is 2.40 bits per heavy atom. The number of aromatic nitrogens is 2. The van der Waals surface area contributed by atoms with Crippen molar-refractivity contribution in [3.05, 3.63) is 11.7 Å². The number of aryl methyl sites for hydroxylation is 1. The zero-order valence-electron chi connectivity index (χ0n) is 15.1. The molecule has 1 atom stereocenters. The molecule has 0 aromatic carbocycles. The van der Waals surface area contributed by atoms with Gasteiger partial charge in [-0.2, -0.15) is 4.98 Å². The van der Waals surface area contributed by atoms with Crippen LogP contribution >= 0.6 is 0 Å². The number of piperazine rings is 1. The van der Waals surface area contributed by atoms with Gasteiger partial charge >= 0.3 is 0 Å². The second-order valence-corrected chi connectivity index (χ2v) is 9.66. The SMILES string of the molecule is Cc1noc(C(C)N2CCN(C(=O)CC3(CS(C)(=O)=O)CC3)CC2)n1. The van der Waals surface area contributed by atoms with Gasteiger partial charge in [-0.1, -0.05) is 5.16 Å². The summed E-state index contributed by atoms with van der Waals surface area (Å²) in [7, 11) is -3.05. The molecule has 1 aromatic heterocycles. The maximum Gasteiger partial charge on any atom is 0.243 e. The standard InChI is InChI=1S/C16H26N4O4S/c1-12(15-17-13(2)18-24-15)19-6-8-20(9-7-19)14(21)10-16(4-5-16)11-25(3,22)23/h12H,4-11H2,1-3H3. The van der Waals surface area contributed by atoms with E-state index in [0.29, 0.717) is 31.2 Å². The van der Waals surface area contributed by atoms with Crippen molar-refractivity contribution in [2.75, 3.05) is 38.2 Å². The second-order valence-electron chi connectivity index (χ2n) is 7.52. The summed E-state index contributed by atoms with van der Waals surface area (Å²) in [6, 6.07) is 0.0264. The van der Waals surface area contributed by atoms with E-state index < -0.39 is 9.84 Å². The third-order valence-corrected chi connectivity index (χ3v) is 6.30. The lowest BCUT2D eigenvalue weighted by molar-refractivity contribution is -0.134. The molecule has 25 heavy (non-hydrogen) atoms. The summed E-state index contributed by atoms with van der Waals surface area (Å²) >= 11 is 0. The Kier molecular flexibility index (Phi) is 4.89. The highest BCUT2D eigenvalue weighted by molar-refractivity contribution is 7.90. The van der Waals surface area contributed by atoms with Crippen LogP contribution in [-0.2, 0) is 14.6 Å². The van der Waals surface area contributed by atoms with E-state index in [1.807, 2.05) is 11.8 Å². The highest BCUT2D eigenvalue weighted by Crippen LogP contribution is 2.50. The smallest absolute Gasteiger partial charge is 0.243 e. The number of amides is 1.